The van der Waals surface area contributed by atoms with Gasteiger partial charge in [0.2, 0.25) is 5.65 Å². The lowest BCUT2D eigenvalue weighted by atomic mass is 10.1. The van der Waals surface area contributed by atoms with Crippen LogP contribution < -0.4 is 15.5 Å². The van der Waals surface area contributed by atoms with E-state index in [1.807, 2.05) is 0 Å². The molecule has 0 spiro atoms. The molecule has 0 aromatic heterocycles. The summed E-state index contributed by atoms with van der Waals surface area (Å²) in [6.07, 6.45) is 14.4. The van der Waals surface area contributed by atoms with E-state index in [2.05, 4.69) is 33.8 Å². The normalized spacial score (nSPS) is 11.7. The Hall–Kier alpha value is -0.420. The van der Waals surface area contributed by atoms with Crippen LogP contribution in [0.2, 0.25) is 0 Å². The fourth-order valence-corrected chi connectivity index (χ4v) is 2.07. The van der Waals surface area contributed by atoms with E-state index >= 15 is 0 Å². The second-order valence-electron chi connectivity index (χ2n) is 7.03. The minimum absolute atomic E-state index is 0. The summed E-state index contributed by atoms with van der Waals surface area (Å²) in [5, 5.41) is 0. The molecule has 0 aliphatic carbocycles. The van der Waals surface area contributed by atoms with Gasteiger partial charge < -0.3 is 24.6 Å². The summed E-state index contributed by atoms with van der Waals surface area (Å²) in [6.45, 7) is 3.62. The van der Waals surface area contributed by atoms with Crippen LogP contribution in [0.25, 0.3) is 0 Å². The van der Waals surface area contributed by atoms with Gasteiger partial charge in [-0.1, -0.05) is 58.3 Å². The van der Waals surface area contributed by atoms with Gasteiger partial charge in [-0.2, -0.15) is 0 Å². The summed E-state index contributed by atoms with van der Waals surface area (Å²) in [5.41, 5.74) is 2.23. The zero-order chi connectivity index (χ0) is 18.4. The Balaban J connectivity index is -0.000000468. The number of hydrogen-bond acceptors (Lipinski definition) is 4. The number of amides is 1. The number of unbranched alkanes of at least 4 members (excludes halogenated alkanes) is 9. The summed E-state index contributed by atoms with van der Waals surface area (Å²) in [7, 11) is 1.76. The molecule has 0 heterocycles. The number of rotatable bonds is 12. The summed E-state index contributed by atoms with van der Waals surface area (Å²) in [5.74, 6) is 0. The van der Waals surface area contributed by atoms with Crippen molar-refractivity contribution in [2.24, 2.45) is 5.73 Å². The van der Waals surface area contributed by atoms with Crippen molar-refractivity contribution in [1.29, 1.82) is 0 Å². The molecule has 0 radical (unpaired) electrons. The summed E-state index contributed by atoms with van der Waals surface area (Å²) in [6, 6.07) is 0. The minimum Gasteiger partial charge on any atom is -0.804 e. The van der Waals surface area contributed by atoms with Crippen molar-refractivity contribution >= 4 is 13.2 Å². The molecule has 0 aliphatic rings. The Labute approximate surface area is 143 Å². The second-order valence-corrected chi connectivity index (χ2v) is 8.47. The fraction of sp³-hybridized carbons (Fsp3) is 0.938. The van der Waals surface area contributed by atoms with Gasteiger partial charge in [0.15, 0.2) is 0 Å². The third-order valence-electron chi connectivity index (χ3n) is 3.45. The number of nitrogens with zero attached hydrogens (tertiary/aromatic N) is 1. The van der Waals surface area contributed by atoms with Crippen molar-refractivity contribution in [3.63, 3.8) is 0 Å². The molecule has 140 valence electrons. The zero-order valence-corrected chi connectivity index (χ0v) is 16.3. The van der Waals surface area contributed by atoms with E-state index in [1.54, 1.807) is 0 Å². The molecule has 0 aromatic rings. The first-order chi connectivity index (χ1) is 10.5. The van der Waals surface area contributed by atoms with E-state index in [-0.39, 0.29) is 1.43 Å². The average Bonchev–Trinajstić information content (AvgIpc) is 2.39. The number of carbonyl (C=O) groups excluding carboxylic acids is 1. The molecular weight excluding hydrogens is 315 g/mol. The number of hydrogen-bond donors (Lipinski definition) is 1. The number of primary amides is 1. The van der Waals surface area contributed by atoms with E-state index in [1.165, 1.54) is 70.8 Å². The smallest absolute Gasteiger partial charge is 0.804 e. The third kappa shape index (κ3) is 24.0. The van der Waals surface area contributed by atoms with Crippen LogP contribution in [0.3, 0.4) is 0 Å². The van der Waals surface area contributed by atoms with Crippen molar-refractivity contribution in [1.82, 2.24) is 0 Å². The van der Waals surface area contributed by atoms with Gasteiger partial charge in [0.25, 0.3) is 0 Å². The van der Waals surface area contributed by atoms with Crippen LogP contribution in [0.5, 0.6) is 0 Å². The van der Waals surface area contributed by atoms with Crippen LogP contribution in [0.15, 0.2) is 0 Å². The Morgan fingerprint density at radius 2 is 1.22 bits per heavy atom. The minimum atomic E-state index is -5.10. The molecule has 0 bridgehead atoms. The van der Waals surface area contributed by atoms with E-state index in [0.717, 1.165) is 4.48 Å². The monoisotopic (exact) mass is 352 g/mol. The standard InChI is InChI=1S/C15H34N.CH4NO4P/c1-5-6-7-8-9-10-11-12-13-14-15-16(2,3)4;2-1(3)7(4,5)6/h5-15H2,1-4H3;(H2,2,3)(H2,4,5,6)/q+1;/p-1. The maximum Gasteiger partial charge on any atom is 1.00 e. The highest BCUT2D eigenvalue weighted by atomic mass is 31.2. The van der Waals surface area contributed by atoms with Gasteiger partial charge in [0.1, 0.15) is 0 Å². The number of quaternary nitrogens is 1. The van der Waals surface area contributed by atoms with Crippen molar-refractivity contribution in [2.75, 3.05) is 27.7 Å². The summed E-state index contributed by atoms with van der Waals surface area (Å²) < 4.78 is 10.5. The zero-order valence-electron chi connectivity index (χ0n) is 16.4. The molecule has 6 nitrogen and oxygen atoms in total. The van der Waals surface area contributed by atoms with Gasteiger partial charge >= 0.3 is 1.43 Å². The quantitative estimate of drug-likeness (QED) is 0.331. The highest BCUT2D eigenvalue weighted by molar-refractivity contribution is 7.67. The molecule has 0 saturated carbocycles. The highest BCUT2D eigenvalue weighted by Crippen LogP contribution is 2.20. The maximum absolute atomic E-state index is 9.35. The Bertz CT molecular complexity index is 343. The van der Waals surface area contributed by atoms with Gasteiger partial charge in [-0.25, -0.2) is 0 Å². The second kappa shape index (κ2) is 14.0. The lowest BCUT2D eigenvalue weighted by Gasteiger charge is -2.23. The van der Waals surface area contributed by atoms with Crippen LogP contribution in [-0.4, -0.2) is 37.8 Å². The number of carbonyl (C=O) groups is 1. The molecule has 0 atom stereocenters. The van der Waals surface area contributed by atoms with E-state index in [9.17, 15) is 19.1 Å². The van der Waals surface area contributed by atoms with Crippen molar-refractivity contribution in [3.8, 4) is 0 Å². The van der Waals surface area contributed by atoms with Gasteiger partial charge in [0, 0.05) is 7.60 Å². The lowest BCUT2D eigenvalue weighted by Crippen LogP contribution is -2.35. The Morgan fingerprint density at radius 3 is 1.48 bits per heavy atom. The molecule has 0 saturated heterocycles. The molecule has 0 unspecified atom stereocenters. The summed E-state index contributed by atoms with van der Waals surface area (Å²) in [4.78, 5) is 28.0. The Kier molecular flexibility index (Phi) is 15.1. The molecule has 2 N–H and O–H groups in total. The first-order valence-corrected chi connectivity index (χ1v) is 10.2. The van der Waals surface area contributed by atoms with Crippen molar-refractivity contribution in [2.45, 2.75) is 71.1 Å². The van der Waals surface area contributed by atoms with Crippen LogP contribution in [-0.2, 0) is 4.57 Å². The molecular formula is C16H37N2O4P. The van der Waals surface area contributed by atoms with E-state index < -0.39 is 13.2 Å². The summed E-state index contributed by atoms with van der Waals surface area (Å²) >= 11 is 0. The largest absolute Gasteiger partial charge is 1.00 e. The van der Waals surface area contributed by atoms with Gasteiger partial charge in [-0.05, 0) is 12.8 Å². The predicted molar refractivity (Wildman–Crippen MR) is 93.0 cm³/mol. The molecule has 0 rings (SSSR count). The van der Waals surface area contributed by atoms with Crippen molar-refractivity contribution < 1.29 is 25.1 Å². The fourth-order valence-electron chi connectivity index (χ4n) is 2.07. The predicted octanol–water partition coefficient (Wildman–Crippen LogP) is 2.70. The molecule has 1 amide bonds. The average molecular weight is 352 g/mol. The molecule has 0 aromatic carbocycles. The van der Waals surface area contributed by atoms with Gasteiger partial charge in [0.05, 0.1) is 27.7 Å². The van der Waals surface area contributed by atoms with Crippen molar-refractivity contribution in [3.05, 3.63) is 0 Å². The first kappa shape index (κ1) is 24.8. The van der Waals surface area contributed by atoms with Crippen LogP contribution in [0, 0.1) is 0 Å². The third-order valence-corrected chi connectivity index (χ3v) is 3.99. The van der Waals surface area contributed by atoms with E-state index in [0.29, 0.717) is 0 Å². The molecule has 0 aliphatic heterocycles. The van der Waals surface area contributed by atoms with Gasteiger partial charge in [-0.15, -0.1) is 0 Å². The molecule has 23 heavy (non-hydrogen) atoms. The maximum atomic E-state index is 9.35. The van der Waals surface area contributed by atoms with Crippen LogP contribution >= 0.6 is 7.60 Å². The highest BCUT2D eigenvalue weighted by Gasteiger charge is 2.04. The van der Waals surface area contributed by atoms with E-state index in [4.69, 9.17) is 0 Å². The topological polar surface area (TPSA) is 106 Å². The van der Waals surface area contributed by atoms with Gasteiger partial charge in [-0.3, -0.25) is 4.79 Å². The first-order valence-electron chi connectivity index (χ1n) is 8.63. The SMILES string of the molecule is CCCCCCCCCCCC[N+](C)(C)C.NC(=O)P(=O)([O-])[O-].[H+]. The van der Waals surface area contributed by atoms with Crippen LogP contribution in [0.1, 0.15) is 72.6 Å². The molecule has 0 fully saturated rings. The lowest BCUT2D eigenvalue weighted by molar-refractivity contribution is -0.870. The van der Waals surface area contributed by atoms with Crippen LogP contribution in [0.4, 0.5) is 4.79 Å². The molecule has 7 heteroatoms. The Morgan fingerprint density at radius 1 is 0.913 bits per heavy atom. The number of nitrogens with two attached hydrogens (primary N) is 1.